The topological polar surface area (TPSA) is 75.2 Å². The summed E-state index contributed by atoms with van der Waals surface area (Å²) < 4.78 is 0. The molecular formula is C22H25ClN4O2. The number of aromatic nitrogens is 2. The van der Waals surface area contributed by atoms with Crippen LogP contribution in [0.25, 0.3) is 0 Å². The Morgan fingerprint density at radius 2 is 1.86 bits per heavy atom. The molecule has 152 valence electrons. The third kappa shape index (κ3) is 4.42. The average molecular weight is 413 g/mol. The van der Waals surface area contributed by atoms with Gasteiger partial charge in [-0.05, 0) is 50.5 Å². The number of anilines is 1. The number of hydrogen-bond donors (Lipinski definition) is 1. The average Bonchev–Trinajstić information content (AvgIpc) is 3.41. The number of amides is 2. The highest BCUT2D eigenvalue weighted by molar-refractivity contribution is 6.30. The van der Waals surface area contributed by atoms with E-state index in [1.165, 1.54) is 0 Å². The molecule has 2 aliphatic rings. The summed E-state index contributed by atoms with van der Waals surface area (Å²) in [6.07, 6.45) is 6.82. The maximum atomic E-state index is 12.7. The summed E-state index contributed by atoms with van der Waals surface area (Å²) in [4.78, 5) is 36.2. The standard InChI is InChI=1S/C22H25ClN4O2/c1-14-19(21(28)26-18-8-6-17(23)7-9-18)12-24-20(25-14)16-10-11-27(13-16)22(29)15-4-2-3-5-15/h6-9,12,15-16H,2-5,10-11,13H2,1H3,(H,26,28). The number of carbonyl (C=O) groups excluding carboxylic acids is 2. The van der Waals surface area contributed by atoms with E-state index >= 15 is 0 Å². The van der Waals surface area contributed by atoms with Crippen molar-refractivity contribution >= 4 is 29.1 Å². The lowest BCUT2D eigenvalue weighted by Gasteiger charge is -2.20. The molecule has 7 heteroatoms. The van der Waals surface area contributed by atoms with Gasteiger partial charge < -0.3 is 10.2 Å². The fourth-order valence-corrected chi connectivity index (χ4v) is 4.36. The van der Waals surface area contributed by atoms with Crippen molar-refractivity contribution in [2.45, 2.75) is 44.9 Å². The largest absolute Gasteiger partial charge is 0.342 e. The lowest BCUT2D eigenvalue weighted by molar-refractivity contribution is -0.134. The monoisotopic (exact) mass is 412 g/mol. The molecule has 1 saturated heterocycles. The quantitative estimate of drug-likeness (QED) is 0.816. The Balaban J connectivity index is 1.41. The summed E-state index contributed by atoms with van der Waals surface area (Å²) in [5.41, 5.74) is 1.75. The molecule has 2 heterocycles. The van der Waals surface area contributed by atoms with Gasteiger partial charge in [0.25, 0.3) is 5.91 Å². The van der Waals surface area contributed by atoms with Crippen LogP contribution >= 0.6 is 11.6 Å². The lowest BCUT2D eigenvalue weighted by atomic mass is 10.1. The summed E-state index contributed by atoms with van der Waals surface area (Å²) in [6.45, 7) is 3.25. The lowest BCUT2D eigenvalue weighted by Crippen LogP contribution is -2.33. The number of aryl methyl sites for hydroxylation is 1. The molecule has 6 nitrogen and oxygen atoms in total. The fourth-order valence-electron chi connectivity index (χ4n) is 4.24. The zero-order valence-corrected chi connectivity index (χ0v) is 17.3. The Labute approximate surface area is 175 Å². The molecule has 1 aliphatic heterocycles. The third-order valence-corrected chi connectivity index (χ3v) is 6.17. The summed E-state index contributed by atoms with van der Waals surface area (Å²) in [5, 5.41) is 3.45. The van der Waals surface area contributed by atoms with E-state index in [1.54, 1.807) is 30.5 Å². The summed E-state index contributed by atoms with van der Waals surface area (Å²) in [5.74, 6) is 1.09. The van der Waals surface area contributed by atoms with E-state index in [2.05, 4.69) is 15.3 Å². The molecule has 1 atom stereocenters. The van der Waals surface area contributed by atoms with Gasteiger partial charge in [-0.2, -0.15) is 0 Å². The second-order valence-corrected chi connectivity index (χ2v) is 8.38. The number of halogens is 1. The van der Waals surface area contributed by atoms with Gasteiger partial charge in [-0.25, -0.2) is 9.97 Å². The van der Waals surface area contributed by atoms with Crippen molar-refractivity contribution in [2.75, 3.05) is 18.4 Å². The van der Waals surface area contributed by atoms with Gasteiger partial charge in [0.15, 0.2) is 0 Å². The molecule has 2 fully saturated rings. The van der Waals surface area contributed by atoms with E-state index in [9.17, 15) is 9.59 Å². The van der Waals surface area contributed by atoms with Gasteiger partial charge in [-0.15, -0.1) is 0 Å². The molecule has 1 unspecified atom stereocenters. The second kappa shape index (κ2) is 8.49. The highest BCUT2D eigenvalue weighted by Crippen LogP contribution is 2.31. The van der Waals surface area contributed by atoms with Crippen molar-refractivity contribution in [3.05, 3.63) is 52.6 Å². The van der Waals surface area contributed by atoms with Gasteiger partial charge in [-0.3, -0.25) is 9.59 Å². The molecule has 0 radical (unpaired) electrons. The first-order valence-electron chi connectivity index (χ1n) is 10.2. The first-order valence-corrected chi connectivity index (χ1v) is 10.6. The Bertz CT molecular complexity index is 910. The van der Waals surface area contributed by atoms with Gasteiger partial charge >= 0.3 is 0 Å². The van der Waals surface area contributed by atoms with E-state index in [1.807, 2.05) is 11.8 Å². The minimum absolute atomic E-state index is 0.132. The van der Waals surface area contributed by atoms with Gasteiger partial charge in [0, 0.05) is 41.8 Å². The number of nitrogens with zero attached hydrogens (tertiary/aromatic N) is 3. The normalized spacial score (nSPS) is 19.5. The van der Waals surface area contributed by atoms with Crippen molar-refractivity contribution in [3.63, 3.8) is 0 Å². The summed E-state index contributed by atoms with van der Waals surface area (Å²) >= 11 is 5.88. The number of benzene rings is 1. The zero-order chi connectivity index (χ0) is 20.4. The first-order chi connectivity index (χ1) is 14.0. The molecule has 0 spiro atoms. The molecule has 1 aliphatic carbocycles. The molecule has 4 rings (SSSR count). The van der Waals surface area contributed by atoms with Crippen molar-refractivity contribution in [1.29, 1.82) is 0 Å². The fraction of sp³-hybridized carbons (Fsp3) is 0.455. The zero-order valence-electron chi connectivity index (χ0n) is 16.5. The van der Waals surface area contributed by atoms with E-state index in [0.29, 0.717) is 40.2 Å². The first kappa shape index (κ1) is 19.8. The second-order valence-electron chi connectivity index (χ2n) is 7.94. The molecule has 1 saturated carbocycles. The highest BCUT2D eigenvalue weighted by Gasteiger charge is 2.34. The smallest absolute Gasteiger partial charge is 0.259 e. The molecule has 1 N–H and O–H groups in total. The van der Waals surface area contributed by atoms with Gasteiger partial charge in [0.05, 0.1) is 11.3 Å². The molecule has 1 aromatic heterocycles. The van der Waals surface area contributed by atoms with E-state index in [4.69, 9.17) is 11.6 Å². The van der Waals surface area contributed by atoms with Crippen molar-refractivity contribution in [2.24, 2.45) is 5.92 Å². The molecule has 0 bridgehead atoms. The van der Waals surface area contributed by atoms with Crippen LogP contribution in [-0.4, -0.2) is 39.8 Å². The van der Waals surface area contributed by atoms with E-state index in [-0.39, 0.29) is 17.7 Å². The van der Waals surface area contributed by atoms with Gasteiger partial charge in [0.2, 0.25) is 5.91 Å². The molecular weight excluding hydrogens is 388 g/mol. The Hall–Kier alpha value is -2.47. The van der Waals surface area contributed by atoms with Crippen molar-refractivity contribution in [1.82, 2.24) is 14.9 Å². The van der Waals surface area contributed by atoms with E-state index in [0.717, 1.165) is 38.6 Å². The van der Waals surface area contributed by atoms with Crippen LogP contribution in [0.15, 0.2) is 30.5 Å². The Kier molecular flexibility index (Phi) is 5.81. The van der Waals surface area contributed by atoms with E-state index < -0.39 is 0 Å². The van der Waals surface area contributed by atoms with Crippen LogP contribution in [-0.2, 0) is 4.79 Å². The van der Waals surface area contributed by atoms with Crippen LogP contribution in [0.2, 0.25) is 5.02 Å². The Morgan fingerprint density at radius 3 is 2.55 bits per heavy atom. The predicted molar refractivity (Wildman–Crippen MR) is 112 cm³/mol. The minimum atomic E-state index is -0.249. The van der Waals surface area contributed by atoms with Crippen LogP contribution in [0.4, 0.5) is 5.69 Å². The number of hydrogen-bond acceptors (Lipinski definition) is 4. The Morgan fingerprint density at radius 1 is 1.14 bits per heavy atom. The van der Waals surface area contributed by atoms with Crippen LogP contribution in [0.5, 0.6) is 0 Å². The number of rotatable bonds is 4. The molecule has 1 aromatic carbocycles. The number of nitrogens with one attached hydrogen (secondary N) is 1. The maximum Gasteiger partial charge on any atom is 0.259 e. The highest BCUT2D eigenvalue weighted by atomic mass is 35.5. The molecule has 2 aromatic rings. The van der Waals surface area contributed by atoms with Crippen molar-refractivity contribution < 1.29 is 9.59 Å². The molecule has 29 heavy (non-hydrogen) atoms. The van der Waals surface area contributed by atoms with Gasteiger partial charge in [0.1, 0.15) is 5.82 Å². The van der Waals surface area contributed by atoms with Crippen LogP contribution in [0.1, 0.15) is 59.9 Å². The molecule has 2 amide bonds. The minimum Gasteiger partial charge on any atom is -0.342 e. The number of carbonyl (C=O) groups is 2. The predicted octanol–water partition coefficient (Wildman–Crippen LogP) is 4.20. The summed E-state index contributed by atoms with van der Waals surface area (Å²) in [6, 6.07) is 6.95. The SMILES string of the molecule is Cc1nc(C2CCN(C(=O)C3CCCC3)C2)ncc1C(=O)Nc1ccc(Cl)cc1. The van der Waals surface area contributed by atoms with Crippen molar-refractivity contribution in [3.8, 4) is 0 Å². The van der Waals surface area contributed by atoms with Gasteiger partial charge in [-0.1, -0.05) is 24.4 Å². The third-order valence-electron chi connectivity index (χ3n) is 5.91. The summed E-state index contributed by atoms with van der Waals surface area (Å²) in [7, 11) is 0. The van der Waals surface area contributed by atoms with Crippen LogP contribution in [0, 0.1) is 12.8 Å². The maximum absolute atomic E-state index is 12.7. The van der Waals surface area contributed by atoms with Crippen LogP contribution < -0.4 is 5.32 Å². The van der Waals surface area contributed by atoms with Crippen LogP contribution in [0.3, 0.4) is 0 Å². The number of likely N-dealkylation sites (tertiary alicyclic amines) is 1.